The van der Waals surface area contributed by atoms with Crippen LogP contribution in [0.25, 0.3) is 11.3 Å². The van der Waals surface area contributed by atoms with Gasteiger partial charge in [0.2, 0.25) is 5.91 Å². The molecule has 4 rings (SSSR count). The molecule has 8 heteroatoms. The predicted molar refractivity (Wildman–Crippen MR) is 108 cm³/mol. The number of carbonyl (C=O) groups excluding carboxylic acids is 1. The first-order valence-corrected chi connectivity index (χ1v) is 10.4. The third-order valence-corrected chi connectivity index (χ3v) is 5.71. The summed E-state index contributed by atoms with van der Waals surface area (Å²) in [4.78, 5) is 29.2. The molecule has 146 valence electrons. The maximum atomic E-state index is 12.4. The summed E-state index contributed by atoms with van der Waals surface area (Å²) >= 11 is 1.63. The fraction of sp³-hybridized carbons (Fsp3) is 0.400. The quantitative estimate of drug-likeness (QED) is 0.717. The third-order valence-electron chi connectivity index (χ3n) is 4.93. The average Bonchev–Trinajstić information content (AvgIpc) is 3.15. The molecule has 1 amide bonds. The Balaban J connectivity index is 1.35. The van der Waals surface area contributed by atoms with Gasteiger partial charge < -0.3 is 5.32 Å². The number of carbonyl (C=O) groups is 1. The molecule has 2 aromatic heterocycles. The molecule has 0 spiro atoms. The highest BCUT2D eigenvalue weighted by molar-refractivity contribution is 7.09. The van der Waals surface area contributed by atoms with E-state index in [1.807, 2.05) is 36.6 Å². The van der Waals surface area contributed by atoms with Crippen LogP contribution in [-0.4, -0.2) is 25.2 Å². The van der Waals surface area contributed by atoms with E-state index in [-0.39, 0.29) is 18.1 Å². The van der Waals surface area contributed by atoms with Crippen LogP contribution in [0.3, 0.4) is 0 Å². The van der Waals surface area contributed by atoms with Gasteiger partial charge in [-0.15, -0.1) is 11.3 Å². The van der Waals surface area contributed by atoms with Crippen LogP contribution < -0.4 is 11.0 Å². The summed E-state index contributed by atoms with van der Waals surface area (Å²) in [7, 11) is 0. The molecule has 1 aliphatic rings. The smallest absolute Gasteiger partial charge is 0.346 e. The first-order valence-electron chi connectivity index (χ1n) is 9.55. The first-order chi connectivity index (χ1) is 13.6. The minimum absolute atomic E-state index is 0.0466. The fourth-order valence-corrected chi connectivity index (χ4v) is 4.03. The van der Waals surface area contributed by atoms with Gasteiger partial charge in [0, 0.05) is 30.5 Å². The van der Waals surface area contributed by atoms with Crippen molar-refractivity contribution in [2.75, 3.05) is 0 Å². The normalized spacial score (nSPS) is 13.8. The Hall–Kier alpha value is -2.74. The Bertz CT molecular complexity index is 1030. The van der Waals surface area contributed by atoms with Crippen molar-refractivity contribution in [2.24, 2.45) is 0 Å². The second-order valence-corrected chi connectivity index (χ2v) is 8.11. The predicted octanol–water partition coefficient (Wildman–Crippen LogP) is 2.52. The fourth-order valence-electron chi connectivity index (χ4n) is 3.41. The number of nitrogens with zero attached hydrogens (tertiary/aromatic N) is 4. The summed E-state index contributed by atoms with van der Waals surface area (Å²) in [5.74, 6) is 0.581. The Labute approximate surface area is 167 Å². The maximum Gasteiger partial charge on any atom is 0.346 e. The number of aryl methyl sites for hydroxylation is 2. The van der Waals surface area contributed by atoms with Gasteiger partial charge in [-0.25, -0.2) is 14.5 Å². The SMILES string of the molecule is Cc1nc(-c2ccc(CNC(=O)Cn3nc4n(c3=O)CCCCC4)cc2)cs1. The lowest BCUT2D eigenvalue weighted by Crippen LogP contribution is -2.33. The summed E-state index contributed by atoms with van der Waals surface area (Å²) in [6.45, 7) is 3.05. The molecular weight excluding hydrogens is 374 g/mol. The van der Waals surface area contributed by atoms with E-state index in [9.17, 15) is 9.59 Å². The lowest BCUT2D eigenvalue weighted by atomic mass is 10.1. The molecule has 0 unspecified atom stereocenters. The van der Waals surface area contributed by atoms with E-state index in [1.54, 1.807) is 15.9 Å². The number of hydrogen-bond donors (Lipinski definition) is 1. The summed E-state index contributed by atoms with van der Waals surface area (Å²) < 4.78 is 2.99. The molecule has 1 aliphatic heterocycles. The van der Waals surface area contributed by atoms with E-state index in [0.717, 1.165) is 53.3 Å². The zero-order valence-electron chi connectivity index (χ0n) is 15.9. The molecule has 0 bridgehead atoms. The number of thiazole rings is 1. The highest BCUT2D eigenvalue weighted by atomic mass is 32.1. The van der Waals surface area contributed by atoms with Crippen molar-refractivity contribution in [3.63, 3.8) is 0 Å². The minimum Gasteiger partial charge on any atom is -0.350 e. The van der Waals surface area contributed by atoms with Crippen LogP contribution in [0, 0.1) is 6.92 Å². The Morgan fingerprint density at radius 1 is 1.21 bits per heavy atom. The van der Waals surface area contributed by atoms with E-state index >= 15 is 0 Å². The van der Waals surface area contributed by atoms with Gasteiger partial charge in [0.25, 0.3) is 0 Å². The number of rotatable bonds is 5. The highest BCUT2D eigenvalue weighted by Gasteiger charge is 2.17. The molecular formula is C20H23N5O2S. The summed E-state index contributed by atoms with van der Waals surface area (Å²) in [6, 6.07) is 7.98. The van der Waals surface area contributed by atoms with Gasteiger partial charge in [-0.05, 0) is 25.3 Å². The van der Waals surface area contributed by atoms with Crippen LogP contribution in [-0.2, 0) is 30.8 Å². The van der Waals surface area contributed by atoms with E-state index in [4.69, 9.17) is 0 Å². The molecule has 28 heavy (non-hydrogen) atoms. The lowest BCUT2D eigenvalue weighted by molar-refractivity contribution is -0.122. The van der Waals surface area contributed by atoms with E-state index in [1.165, 1.54) is 4.68 Å². The highest BCUT2D eigenvalue weighted by Crippen LogP contribution is 2.21. The molecule has 0 aliphatic carbocycles. The number of benzene rings is 1. The van der Waals surface area contributed by atoms with Gasteiger partial charge in [0.1, 0.15) is 12.4 Å². The Morgan fingerprint density at radius 3 is 2.79 bits per heavy atom. The molecule has 0 fully saturated rings. The number of hydrogen-bond acceptors (Lipinski definition) is 5. The molecule has 0 saturated carbocycles. The monoisotopic (exact) mass is 397 g/mol. The van der Waals surface area contributed by atoms with Crippen LogP contribution in [0.1, 0.15) is 35.7 Å². The van der Waals surface area contributed by atoms with Gasteiger partial charge in [-0.3, -0.25) is 9.36 Å². The minimum atomic E-state index is -0.213. The van der Waals surface area contributed by atoms with Gasteiger partial charge in [-0.2, -0.15) is 5.10 Å². The number of aromatic nitrogens is 4. The molecule has 0 saturated heterocycles. The topological polar surface area (TPSA) is 81.8 Å². The standard InChI is InChI=1S/C20H23N5O2S/c1-14-22-17(13-28-14)16-8-6-15(7-9-16)11-21-19(26)12-25-20(27)24-10-4-2-3-5-18(24)23-25/h6-9,13H,2-5,10-12H2,1H3,(H,21,26). The molecule has 3 aromatic rings. The van der Waals surface area contributed by atoms with E-state index < -0.39 is 0 Å². The van der Waals surface area contributed by atoms with Crippen LogP contribution >= 0.6 is 11.3 Å². The van der Waals surface area contributed by atoms with Crippen LogP contribution in [0.4, 0.5) is 0 Å². The zero-order chi connectivity index (χ0) is 19.5. The zero-order valence-corrected chi connectivity index (χ0v) is 16.7. The average molecular weight is 398 g/mol. The molecule has 1 aromatic carbocycles. The summed E-state index contributed by atoms with van der Waals surface area (Å²) in [5, 5.41) is 10.3. The van der Waals surface area contributed by atoms with Crippen molar-refractivity contribution in [1.82, 2.24) is 24.6 Å². The lowest BCUT2D eigenvalue weighted by Gasteiger charge is -2.06. The van der Waals surface area contributed by atoms with Gasteiger partial charge in [0.15, 0.2) is 0 Å². The van der Waals surface area contributed by atoms with Crippen molar-refractivity contribution >= 4 is 17.2 Å². The van der Waals surface area contributed by atoms with Crippen LogP contribution in [0.15, 0.2) is 34.4 Å². The summed E-state index contributed by atoms with van der Waals surface area (Å²) in [5.41, 5.74) is 2.84. The molecule has 0 atom stereocenters. The van der Waals surface area contributed by atoms with Crippen molar-refractivity contribution in [3.05, 3.63) is 56.5 Å². The Kier molecular flexibility index (Phi) is 5.38. The van der Waals surface area contributed by atoms with Crippen molar-refractivity contribution in [1.29, 1.82) is 0 Å². The second kappa shape index (κ2) is 8.10. The molecule has 1 N–H and O–H groups in total. The van der Waals surface area contributed by atoms with Crippen molar-refractivity contribution in [2.45, 2.75) is 52.2 Å². The van der Waals surface area contributed by atoms with Crippen molar-refractivity contribution < 1.29 is 4.79 Å². The number of amides is 1. The van der Waals surface area contributed by atoms with Gasteiger partial charge in [-0.1, -0.05) is 30.7 Å². The summed E-state index contributed by atoms with van der Waals surface area (Å²) in [6.07, 6.45) is 3.94. The largest absolute Gasteiger partial charge is 0.350 e. The van der Waals surface area contributed by atoms with Crippen LogP contribution in [0.2, 0.25) is 0 Å². The second-order valence-electron chi connectivity index (χ2n) is 7.04. The number of nitrogens with one attached hydrogen (secondary N) is 1. The Morgan fingerprint density at radius 2 is 2.04 bits per heavy atom. The molecule has 7 nitrogen and oxygen atoms in total. The maximum absolute atomic E-state index is 12.4. The molecule has 0 radical (unpaired) electrons. The number of fused-ring (bicyclic) bond motifs is 1. The molecule has 3 heterocycles. The van der Waals surface area contributed by atoms with Crippen molar-refractivity contribution in [3.8, 4) is 11.3 Å². The van der Waals surface area contributed by atoms with Gasteiger partial charge in [0.05, 0.1) is 10.7 Å². The van der Waals surface area contributed by atoms with Gasteiger partial charge >= 0.3 is 5.69 Å². The third kappa shape index (κ3) is 4.06. The van der Waals surface area contributed by atoms with E-state index in [2.05, 4.69) is 15.4 Å². The van der Waals surface area contributed by atoms with E-state index in [0.29, 0.717) is 13.1 Å². The van der Waals surface area contributed by atoms with Crippen LogP contribution in [0.5, 0.6) is 0 Å². The first kappa shape index (κ1) is 18.6.